The minimum atomic E-state index is -0.00669. The summed E-state index contributed by atoms with van der Waals surface area (Å²) >= 11 is 0. The Morgan fingerprint density at radius 2 is 2.42 bits per heavy atom. The molecule has 0 aromatic rings. The molecule has 3 heteroatoms. The van der Waals surface area contributed by atoms with Crippen LogP contribution in [0.4, 0.5) is 0 Å². The van der Waals surface area contributed by atoms with Crippen LogP contribution in [0.3, 0.4) is 0 Å². The molecule has 3 N–H and O–H groups in total. The van der Waals surface area contributed by atoms with Gasteiger partial charge in [-0.15, -0.1) is 12.3 Å². The molecule has 0 aliphatic heterocycles. The van der Waals surface area contributed by atoms with Gasteiger partial charge in [0.15, 0.2) is 0 Å². The summed E-state index contributed by atoms with van der Waals surface area (Å²) in [5.41, 5.74) is 5.31. The fourth-order valence-corrected chi connectivity index (χ4v) is 0.813. The lowest BCUT2D eigenvalue weighted by atomic mass is 10.1. The van der Waals surface area contributed by atoms with Crippen molar-refractivity contribution >= 4 is 5.91 Å². The highest BCUT2D eigenvalue weighted by Gasteiger charge is 2.09. The van der Waals surface area contributed by atoms with Crippen molar-refractivity contribution in [3.63, 3.8) is 0 Å². The molecule has 0 heterocycles. The molecule has 0 bridgehead atoms. The molecular weight excluding hydrogens is 152 g/mol. The van der Waals surface area contributed by atoms with E-state index < -0.39 is 0 Å². The van der Waals surface area contributed by atoms with Gasteiger partial charge >= 0.3 is 0 Å². The second kappa shape index (κ2) is 6.68. The third-order valence-corrected chi connectivity index (χ3v) is 1.62. The van der Waals surface area contributed by atoms with Crippen LogP contribution in [-0.2, 0) is 4.79 Å². The highest BCUT2D eigenvalue weighted by molar-refractivity contribution is 5.78. The van der Waals surface area contributed by atoms with Gasteiger partial charge in [0.2, 0.25) is 5.91 Å². The molecule has 0 aliphatic rings. The number of hydrogen-bond donors (Lipinski definition) is 2. The van der Waals surface area contributed by atoms with Gasteiger partial charge in [0, 0.05) is 18.9 Å². The van der Waals surface area contributed by atoms with Gasteiger partial charge < -0.3 is 11.1 Å². The smallest absolute Gasteiger partial charge is 0.222 e. The summed E-state index contributed by atoms with van der Waals surface area (Å²) in [5.74, 6) is 2.49. The molecule has 0 rings (SSSR count). The van der Waals surface area contributed by atoms with Crippen molar-refractivity contribution in [2.45, 2.75) is 19.8 Å². The standard InChI is InChI=1S/C9H16N2O/c1-3-4-7-11-9(12)8(2)5-6-10/h1,8H,4-7,10H2,2H3,(H,11,12). The van der Waals surface area contributed by atoms with Gasteiger partial charge in [0.1, 0.15) is 0 Å². The summed E-state index contributed by atoms with van der Waals surface area (Å²) in [4.78, 5) is 11.2. The Morgan fingerprint density at radius 1 is 1.75 bits per heavy atom. The number of carbonyl (C=O) groups excluding carboxylic acids is 1. The Bertz CT molecular complexity index is 172. The van der Waals surface area contributed by atoms with Crippen molar-refractivity contribution in [2.75, 3.05) is 13.1 Å². The quantitative estimate of drug-likeness (QED) is 0.452. The lowest BCUT2D eigenvalue weighted by Gasteiger charge is -2.09. The summed E-state index contributed by atoms with van der Waals surface area (Å²) in [6.45, 7) is 2.96. The van der Waals surface area contributed by atoms with Crippen molar-refractivity contribution in [1.82, 2.24) is 5.32 Å². The zero-order valence-electron chi connectivity index (χ0n) is 7.47. The largest absolute Gasteiger partial charge is 0.355 e. The van der Waals surface area contributed by atoms with Crippen molar-refractivity contribution < 1.29 is 4.79 Å². The van der Waals surface area contributed by atoms with Crippen LogP contribution in [0, 0.1) is 18.3 Å². The van der Waals surface area contributed by atoms with Gasteiger partial charge in [-0.2, -0.15) is 0 Å². The maximum atomic E-state index is 11.2. The first-order valence-corrected chi connectivity index (χ1v) is 4.13. The van der Waals surface area contributed by atoms with E-state index in [0.717, 1.165) is 6.42 Å². The van der Waals surface area contributed by atoms with E-state index in [1.54, 1.807) is 0 Å². The molecule has 0 aliphatic carbocycles. The zero-order valence-corrected chi connectivity index (χ0v) is 7.47. The first kappa shape index (κ1) is 11.0. The van der Waals surface area contributed by atoms with E-state index in [1.807, 2.05) is 6.92 Å². The summed E-state index contributed by atoms with van der Waals surface area (Å²) in [6.07, 6.45) is 6.34. The Kier molecular flexibility index (Phi) is 6.12. The molecular formula is C9H16N2O. The van der Waals surface area contributed by atoms with E-state index in [0.29, 0.717) is 19.5 Å². The third kappa shape index (κ3) is 4.75. The predicted octanol–water partition coefficient (Wildman–Crippen LogP) is 0.111. The normalized spacial score (nSPS) is 11.8. The first-order chi connectivity index (χ1) is 5.72. The Balaban J connectivity index is 3.51. The lowest BCUT2D eigenvalue weighted by molar-refractivity contribution is -0.124. The van der Waals surface area contributed by atoms with E-state index in [2.05, 4.69) is 11.2 Å². The Morgan fingerprint density at radius 3 is 2.92 bits per heavy atom. The molecule has 68 valence electrons. The zero-order chi connectivity index (χ0) is 9.40. The SMILES string of the molecule is C#CCCNC(=O)C(C)CCN. The molecule has 0 saturated carbocycles. The number of rotatable bonds is 5. The molecule has 0 saturated heterocycles. The highest BCUT2D eigenvalue weighted by atomic mass is 16.1. The topological polar surface area (TPSA) is 55.1 Å². The van der Waals surface area contributed by atoms with Gasteiger partial charge in [-0.1, -0.05) is 6.92 Å². The van der Waals surface area contributed by atoms with Crippen molar-refractivity contribution in [3.8, 4) is 12.3 Å². The molecule has 0 fully saturated rings. The van der Waals surface area contributed by atoms with E-state index in [4.69, 9.17) is 12.2 Å². The van der Waals surface area contributed by atoms with Crippen LogP contribution < -0.4 is 11.1 Å². The fraction of sp³-hybridized carbons (Fsp3) is 0.667. The fourth-order valence-electron chi connectivity index (χ4n) is 0.813. The minimum Gasteiger partial charge on any atom is -0.355 e. The molecule has 0 aromatic heterocycles. The lowest BCUT2D eigenvalue weighted by Crippen LogP contribution is -2.30. The van der Waals surface area contributed by atoms with Crippen LogP contribution in [0.25, 0.3) is 0 Å². The third-order valence-electron chi connectivity index (χ3n) is 1.62. The van der Waals surface area contributed by atoms with Crippen LogP contribution in [0.1, 0.15) is 19.8 Å². The van der Waals surface area contributed by atoms with Crippen LogP contribution >= 0.6 is 0 Å². The predicted molar refractivity (Wildman–Crippen MR) is 49.3 cm³/mol. The van der Waals surface area contributed by atoms with Gasteiger partial charge in [0.25, 0.3) is 0 Å². The van der Waals surface area contributed by atoms with E-state index >= 15 is 0 Å². The van der Waals surface area contributed by atoms with E-state index in [1.165, 1.54) is 0 Å². The number of terminal acetylenes is 1. The molecule has 0 aromatic carbocycles. The first-order valence-electron chi connectivity index (χ1n) is 4.13. The Hall–Kier alpha value is -1.01. The van der Waals surface area contributed by atoms with Crippen molar-refractivity contribution in [2.24, 2.45) is 11.7 Å². The average molecular weight is 168 g/mol. The number of nitrogens with one attached hydrogen (secondary N) is 1. The molecule has 1 unspecified atom stereocenters. The van der Waals surface area contributed by atoms with Crippen molar-refractivity contribution in [3.05, 3.63) is 0 Å². The second-order valence-electron chi connectivity index (χ2n) is 2.72. The maximum Gasteiger partial charge on any atom is 0.222 e. The van der Waals surface area contributed by atoms with Crippen LogP contribution in [-0.4, -0.2) is 19.0 Å². The molecule has 0 radical (unpaired) electrons. The summed E-state index contributed by atoms with van der Waals surface area (Å²) in [5, 5.41) is 2.73. The number of nitrogens with two attached hydrogens (primary N) is 1. The molecule has 1 atom stereocenters. The summed E-state index contributed by atoms with van der Waals surface area (Å²) in [7, 11) is 0. The monoisotopic (exact) mass is 168 g/mol. The van der Waals surface area contributed by atoms with E-state index in [-0.39, 0.29) is 11.8 Å². The van der Waals surface area contributed by atoms with Crippen LogP contribution in [0.2, 0.25) is 0 Å². The average Bonchev–Trinajstić information content (AvgIpc) is 2.05. The van der Waals surface area contributed by atoms with Gasteiger partial charge in [-0.3, -0.25) is 4.79 Å². The van der Waals surface area contributed by atoms with Gasteiger partial charge in [0.05, 0.1) is 0 Å². The summed E-state index contributed by atoms with van der Waals surface area (Å²) < 4.78 is 0. The number of amides is 1. The molecule has 12 heavy (non-hydrogen) atoms. The van der Waals surface area contributed by atoms with Crippen LogP contribution in [0.15, 0.2) is 0 Å². The molecule has 3 nitrogen and oxygen atoms in total. The number of hydrogen-bond acceptors (Lipinski definition) is 2. The highest BCUT2D eigenvalue weighted by Crippen LogP contribution is 1.98. The van der Waals surface area contributed by atoms with Crippen molar-refractivity contribution in [1.29, 1.82) is 0 Å². The second-order valence-corrected chi connectivity index (χ2v) is 2.72. The Labute approximate surface area is 73.7 Å². The van der Waals surface area contributed by atoms with Crippen LogP contribution in [0.5, 0.6) is 0 Å². The molecule has 0 spiro atoms. The minimum absolute atomic E-state index is 0.00669. The van der Waals surface area contributed by atoms with E-state index in [9.17, 15) is 4.79 Å². The molecule has 1 amide bonds. The van der Waals surface area contributed by atoms with Gasteiger partial charge in [-0.25, -0.2) is 0 Å². The number of carbonyl (C=O) groups is 1. The maximum absolute atomic E-state index is 11.2. The van der Waals surface area contributed by atoms with Gasteiger partial charge in [-0.05, 0) is 13.0 Å². The summed E-state index contributed by atoms with van der Waals surface area (Å²) in [6, 6.07) is 0.